The molecule has 0 amide bonds. The minimum atomic E-state index is -1.06. The lowest BCUT2D eigenvalue weighted by Crippen LogP contribution is -2.20. The number of benzene rings is 1. The molecule has 1 unspecified atom stereocenters. The summed E-state index contributed by atoms with van der Waals surface area (Å²) in [6.45, 7) is 0. The van der Waals surface area contributed by atoms with E-state index in [0.717, 1.165) is 6.07 Å². The standard InChI is InChI=1S/C13H9FN2O2S/c14-9-3-4-10(8(6-9)7-15)16-12(13(17)18)11-2-1-5-19-11/h1-6,12,16H,(H,17,18). The van der Waals surface area contributed by atoms with Crippen molar-refractivity contribution in [2.24, 2.45) is 0 Å². The molecule has 6 heteroatoms. The maximum absolute atomic E-state index is 13.0. The fourth-order valence-corrected chi connectivity index (χ4v) is 2.37. The average molecular weight is 276 g/mol. The summed E-state index contributed by atoms with van der Waals surface area (Å²) in [5.74, 6) is -1.60. The zero-order valence-electron chi connectivity index (χ0n) is 9.63. The van der Waals surface area contributed by atoms with Crippen molar-refractivity contribution >= 4 is 23.0 Å². The molecule has 4 nitrogen and oxygen atoms in total. The molecule has 0 aliphatic carbocycles. The highest BCUT2D eigenvalue weighted by atomic mass is 32.1. The summed E-state index contributed by atoms with van der Waals surface area (Å²) < 4.78 is 13.0. The molecule has 2 N–H and O–H groups in total. The lowest BCUT2D eigenvalue weighted by molar-refractivity contribution is -0.138. The second-order valence-corrected chi connectivity index (χ2v) is 4.71. The largest absolute Gasteiger partial charge is 0.479 e. The van der Waals surface area contributed by atoms with Crippen LogP contribution in [0.25, 0.3) is 0 Å². The average Bonchev–Trinajstić information content (AvgIpc) is 2.90. The Morgan fingerprint density at radius 2 is 2.26 bits per heavy atom. The highest BCUT2D eigenvalue weighted by Gasteiger charge is 2.21. The fourth-order valence-electron chi connectivity index (χ4n) is 1.60. The van der Waals surface area contributed by atoms with Crippen molar-refractivity contribution in [3.63, 3.8) is 0 Å². The zero-order valence-corrected chi connectivity index (χ0v) is 10.4. The number of hydrogen-bond acceptors (Lipinski definition) is 4. The van der Waals surface area contributed by atoms with Gasteiger partial charge in [0.15, 0.2) is 6.04 Å². The van der Waals surface area contributed by atoms with Gasteiger partial charge in [0.2, 0.25) is 0 Å². The van der Waals surface area contributed by atoms with E-state index < -0.39 is 17.8 Å². The summed E-state index contributed by atoms with van der Waals surface area (Å²) in [5.41, 5.74) is 0.368. The summed E-state index contributed by atoms with van der Waals surface area (Å²) in [6.07, 6.45) is 0. The van der Waals surface area contributed by atoms with Crippen molar-refractivity contribution in [1.29, 1.82) is 5.26 Å². The Kier molecular flexibility index (Phi) is 3.78. The van der Waals surface area contributed by atoms with E-state index >= 15 is 0 Å². The van der Waals surface area contributed by atoms with Crippen LogP contribution in [0.15, 0.2) is 35.7 Å². The fraction of sp³-hybridized carbons (Fsp3) is 0.0769. The van der Waals surface area contributed by atoms with Crippen LogP contribution in [0.2, 0.25) is 0 Å². The summed E-state index contributed by atoms with van der Waals surface area (Å²) in [6, 6.07) is 7.90. The Bertz CT molecular complexity index is 635. The van der Waals surface area contributed by atoms with Crippen LogP contribution in [-0.2, 0) is 4.79 Å². The third-order valence-electron chi connectivity index (χ3n) is 2.48. The van der Waals surface area contributed by atoms with Crippen LogP contribution in [0.4, 0.5) is 10.1 Å². The van der Waals surface area contributed by atoms with E-state index in [9.17, 15) is 14.3 Å². The first-order chi connectivity index (χ1) is 9.11. The van der Waals surface area contributed by atoms with E-state index in [2.05, 4.69) is 5.32 Å². The van der Waals surface area contributed by atoms with E-state index in [1.165, 1.54) is 23.5 Å². The highest BCUT2D eigenvalue weighted by Crippen LogP contribution is 2.26. The predicted molar refractivity (Wildman–Crippen MR) is 69.4 cm³/mol. The number of carbonyl (C=O) groups is 1. The second-order valence-electron chi connectivity index (χ2n) is 3.73. The van der Waals surface area contributed by atoms with Gasteiger partial charge in [-0.3, -0.25) is 0 Å². The number of aliphatic carboxylic acids is 1. The molecule has 1 atom stereocenters. The quantitative estimate of drug-likeness (QED) is 0.900. The van der Waals surface area contributed by atoms with Gasteiger partial charge in [0.05, 0.1) is 11.3 Å². The minimum Gasteiger partial charge on any atom is -0.479 e. The number of nitrogens with one attached hydrogen (secondary N) is 1. The number of thiophene rings is 1. The van der Waals surface area contributed by atoms with E-state index in [1.54, 1.807) is 17.5 Å². The van der Waals surface area contributed by atoms with Crippen LogP contribution in [0.5, 0.6) is 0 Å². The number of nitriles is 1. The molecule has 0 radical (unpaired) electrons. The van der Waals surface area contributed by atoms with Crippen LogP contribution >= 0.6 is 11.3 Å². The molecule has 1 aromatic heterocycles. The third kappa shape index (κ3) is 2.89. The molecule has 19 heavy (non-hydrogen) atoms. The zero-order chi connectivity index (χ0) is 13.8. The van der Waals surface area contributed by atoms with Gasteiger partial charge in [0.1, 0.15) is 11.9 Å². The number of nitrogens with zero attached hydrogens (tertiary/aromatic N) is 1. The van der Waals surface area contributed by atoms with Gasteiger partial charge in [-0.1, -0.05) is 6.07 Å². The van der Waals surface area contributed by atoms with E-state index in [4.69, 9.17) is 5.26 Å². The van der Waals surface area contributed by atoms with Gasteiger partial charge in [-0.05, 0) is 29.6 Å². The number of anilines is 1. The molecule has 0 fully saturated rings. The molecular weight excluding hydrogens is 267 g/mol. The molecule has 2 rings (SSSR count). The van der Waals surface area contributed by atoms with Gasteiger partial charge in [-0.2, -0.15) is 5.26 Å². The van der Waals surface area contributed by atoms with E-state index in [0.29, 0.717) is 10.6 Å². The van der Waals surface area contributed by atoms with Crippen molar-refractivity contribution in [3.8, 4) is 6.07 Å². The van der Waals surface area contributed by atoms with Gasteiger partial charge >= 0.3 is 5.97 Å². The summed E-state index contributed by atoms with van der Waals surface area (Å²) in [7, 11) is 0. The number of rotatable bonds is 4. The maximum atomic E-state index is 13.0. The molecule has 1 heterocycles. The van der Waals surface area contributed by atoms with Crippen molar-refractivity contribution in [2.45, 2.75) is 6.04 Å². The topological polar surface area (TPSA) is 73.1 Å². The van der Waals surface area contributed by atoms with Gasteiger partial charge in [-0.15, -0.1) is 11.3 Å². The molecular formula is C13H9FN2O2S. The normalized spacial score (nSPS) is 11.6. The van der Waals surface area contributed by atoms with Gasteiger partial charge < -0.3 is 10.4 Å². The monoisotopic (exact) mass is 276 g/mol. The lowest BCUT2D eigenvalue weighted by atomic mass is 10.1. The molecule has 0 saturated carbocycles. The van der Waals surface area contributed by atoms with Crippen molar-refractivity contribution in [3.05, 3.63) is 52.0 Å². The third-order valence-corrected chi connectivity index (χ3v) is 3.41. The number of carboxylic acid groups (broad SMARTS) is 1. The molecule has 96 valence electrons. The van der Waals surface area contributed by atoms with Gasteiger partial charge in [0.25, 0.3) is 0 Å². The molecule has 0 aliphatic rings. The molecule has 2 aromatic rings. The van der Waals surface area contributed by atoms with E-state index in [1.807, 2.05) is 6.07 Å². The Morgan fingerprint density at radius 3 is 2.84 bits per heavy atom. The first-order valence-electron chi connectivity index (χ1n) is 5.34. The van der Waals surface area contributed by atoms with Gasteiger partial charge in [-0.25, -0.2) is 9.18 Å². The molecule has 0 spiro atoms. The number of halogens is 1. The highest BCUT2D eigenvalue weighted by molar-refractivity contribution is 7.10. The summed E-state index contributed by atoms with van der Waals surface area (Å²) in [4.78, 5) is 11.9. The van der Waals surface area contributed by atoms with E-state index in [-0.39, 0.29) is 5.56 Å². The summed E-state index contributed by atoms with van der Waals surface area (Å²) in [5, 5.41) is 22.7. The Labute approximate surface area is 112 Å². The van der Waals surface area contributed by atoms with Crippen LogP contribution in [0.3, 0.4) is 0 Å². The van der Waals surface area contributed by atoms with Crippen LogP contribution in [0, 0.1) is 17.1 Å². The second kappa shape index (κ2) is 5.50. The predicted octanol–water partition coefficient (Wildman–Crippen LogP) is 3.00. The molecule has 0 saturated heterocycles. The first-order valence-corrected chi connectivity index (χ1v) is 6.22. The summed E-state index contributed by atoms with van der Waals surface area (Å²) >= 11 is 1.29. The van der Waals surface area contributed by atoms with Crippen LogP contribution < -0.4 is 5.32 Å². The Hall–Kier alpha value is -2.39. The smallest absolute Gasteiger partial charge is 0.331 e. The molecule has 0 bridgehead atoms. The van der Waals surface area contributed by atoms with Crippen LogP contribution in [-0.4, -0.2) is 11.1 Å². The lowest BCUT2D eigenvalue weighted by Gasteiger charge is -2.15. The van der Waals surface area contributed by atoms with Crippen LogP contribution in [0.1, 0.15) is 16.5 Å². The van der Waals surface area contributed by atoms with Crippen molar-refractivity contribution < 1.29 is 14.3 Å². The molecule has 0 aliphatic heterocycles. The van der Waals surface area contributed by atoms with Crippen molar-refractivity contribution in [1.82, 2.24) is 0 Å². The number of hydrogen-bond donors (Lipinski definition) is 2. The van der Waals surface area contributed by atoms with Gasteiger partial charge in [0, 0.05) is 4.88 Å². The maximum Gasteiger partial charge on any atom is 0.331 e. The SMILES string of the molecule is N#Cc1cc(F)ccc1NC(C(=O)O)c1cccs1. The Balaban J connectivity index is 2.33. The first kappa shape index (κ1) is 13.1. The number of carboxylic acids is 1. The van der Waals surface area contributed by atoms with Crippen molar-refractivity contribution in [2.75, 3.05) is 5.32 Å². The Morgan fingerprint density at radius 1 is 1.47 bits per heavy atom. The molecule has 1 aromatic carbocycles. The minimum absolute atomic E-state index is 0.0720.